The first-order chi connectivity index (χ1) is 7.89. The van der Waals surface area contributed by atoms with Crippen LogP contribution in [0.5, 0.6) is 5.75 Å². The number of sulfonamides is 1. The second-order valence-corrected chi connectivity index (χ2v) is 5.24. The van der Waals surface area contributed by atoms with Gasteiger partial charge in [0.25, 0.3) is 5.91 Å². The summed E-state index contributed by atoms with van der Waals surface area (Å²) in [7, 11) is -4.09. The molecule has 1 amide bonds. The number of primary amides is 1. The fourth-order valence-corrected chi connectivity index (χ4v) is 2.19. The van der Waals surface area contributed by atoms with E-state index in [0.29, 0.717) is 0 Å². The number of nitrogens with two attached hydrogens (primary N) is 2. The van der Waals surface area contributed by atoms with E-state index in [4.69, 9.17) is 15.6 Å². The molecule has 0 saturated heterocycles. The minimum absolute atomic E-state index is 0.0219. The molecule has 1 aromatic heterocycles. The first-order valence-corrected chi connectivity index (χ1v) is 6.41. The number of amides is 1. The molecule has 92 valence electrons. The molecule has 0 atom stereocenters. The molecule has 1 fully saturated rings. The van der Waals surface area contributed by atoms with E-state index >= 15 is 0 Å². The highest BCUT2D eigenvalue weighted by molar-refractivity contribution is 7.89. The van der Waals surface area contributed by atoms with Crippen molar-refractivity contribution < 1.29 is 17.9 Å². The van der Waals surface area contributed by atoms with Gasteiger partial charge in [-0.05, 0) is 12.8 Å². The van der Waals surface area contributed by atoms with Crippen LogP contribution in [-0.2, 0) is 10.0 Å². The quantitative estimate of drug-likeness (QED) is 0.742. The second-order valence-electron chi connectivity index (χ2n) is 3.74. The SMILES string of the molecule is NC(=O)c1cncc(OC2CC2)c1S(N)(=O)=O. The lowest BCUT2D eigenvalue weighted by atomic mass is 10.2. The smallest absolute Gasteiger partial charge is 0.251 e. The minimum atomic E-state index is -4.09. The number of hydrogen-bond donors (Lipinski definition) is 2. The van der Waals surface area contributed by atoms with E-state index in [2.05, 4.69) is 4.98 Å². The van der Waals surface area contributed by atoms with Crippen molar-refractivity contribution in [3.8, 4) is 5.75 Å². The Kier molecular flexibility index (Phi) is 2.76. The Balaban J connectivity index is 2.57. The number of aromatic nitrogens is 1. The minimum Gasteiger partial charge on any atom is -0.487 e. The summed E-state index contributed by atoms with van der Waals surface area (Å²) in [6.07, 6.45) is 3.91. The molecule has 0 aromatic carbocycles. The molecule has 8 heteroatoms. The number of primary sulfonamides is 1. The van der Waals surface area contributed by atoms with Gasteiger partial charge in [0.2, 0.25) is 10.0 Å². The Morgan fingerprint density at radius 3 is 2.53 bits per heavy atom. The van der Waals surface area contributed by atoms with E-state index in [1.54, 1.807) is 0 Å². The highest BCUT2D eigenvalue weighted by atomic mass is 32.2. The molecule has 0 unspecified atom stereocenters. The Hall–Kier alpha value is -1.67. The molecule has 0 spiro atoms. The third-order valence-electron chi connectivity index (χ3n) is 2.23. The zero-order chi connectivity index (χ0) is 12.6. The molecule has 17 heavy (non-hydrogen) atoms. The third kappa shape index (κ3) is 2.53. The molecule has 4 N–H and O–H groups in total. The van der Waals surface area contributed by atoms with Crippen molar-refractivity contribution in [3.63, 3.8) is 0 Å². The Morgan fingerprint density at radius 2 is 2.06 bits per heavy atom. The number of rotatable bonds is 4. The molecule has 0 radical (unpaired) electrons. The van der Waals surface area contributed by atoms with Gasteiger partial charge >= 0.3 is 0 Å². The standard InChI is InChI=1S/C9H11N3O4S/c10-9(13)6-3-12-4-7(16-5-1-2-5)8(6)17(11,14)15/h3-5H,1-2H2,(H2,10,13)(H2,11,14,15). The van der Waals surface area contributed by atoms with E-state index < -0.39 is 20.8 Å². The predicted octanol–water partition coefficient (Wildman–Crippen LogP) is -0.631. The van der Waals surface area contributed by atoms with E-state index in [1.165, 1.54) is 6.20 Å². The van der Waals surface area contributed by atoms with Gasteiger partial charge < -0.3 is 10.5 Å². The average molecular weight is 257 g/mol. The van der Waals surface area contributed by atoms with Crippen LogP contribution in [0.2, 0.25) is 0 Å². The van der Waals surface area contributed by atoms with Crippen LogP contribution in [0.3, 0.4) is 0 Å². The number of nitrogens with zero attached hydrogens (tertiary/aromatic N) is 1. The van der Waals surface area contributed by atoms with Crippen molar-refractivity contribution in [1.29, 1.82) is 0 Å². The Morgan fingerprint density at radius 1 is 1.41 bits per heavy atom. The average Bonchev–Trinajstić information content (AvgIpc) is 2.99. The summed E-state index contributed by atoms with van der Waals surface area (Å²) in [4.78, 5) is 14.4. The van der Waals surface area contributed by atoms with Gasteiger partial charge in [-0.25, -0.2) is 13.6 Å². The molecule has 1 saturated carbocycles. The summed E-state index contributed by atoms with van der Waals surface area (Å²) in [5, 5.41) is 5.05. The molecule has 1 aliphatic rings. The maximum absolute atomic E-state index is 11.4. The predicted molar refractivity (Wildman–Crippen MR) is 57.8 cm³/mol. The van der Waals surface area contributed by atoms with Gasteiger partial charge in [0.05, 0.1) is 17.9 Å². The molecule has 0 aliphatic heterocycles. The van der Waals surface area contributed by atoms with Gasteiger partial charge in [0, 0.05) is 6.20 Å². The van der Waals surface area contributed by atoms with Crippen molar-refractivity contribution in [2.24, 2.45) is 10.9 Å². The number of carbonyl (C=O) groups excluding carboxylic acids is 1. The summed E-state index contributed by atoms with van der Waals surface area (Å²) in [5.74, 6) is -0.936. The zero-order valence-corrected chi connectivity index (χ0v) is 9.61. The van der Waals surface area contributed by atoms with Gasteiger partial charge in [-0.1, -0.05) is 0 Å². The molecular weight excluding hydrogens is 246 g/mol. The van der Waals surface area contributed by atoms with Crippen LogP contribution < -0.4 is 15.6 Å². The lowest BCUT2D eigenvalue weighted by molar-refractivity contribution is 0.0995. The molecule has 7 nitrogen and oxygen atoms in total. The number of hydrogen-bond acceptors (Lipinski definition) is 5. The van der Waals surface area contributed by atoms with E-state index in [-0.39, 0.29) is 17.4 Å². The number of pyridine rings is 1. The summed E-state index contributed by atoms with van der Waals surface area (Å²) < 4.78 is 28.2. The van der Waals surface area contributed by atoms with Gasteiger partial charge in [-0.3, -0.25) is 9.78 Å². The molecular formula is C9H11N3O4S. The van der Waals surface area contributed by atoms with Crippen LogP contribution in [-0.4, -0.2) is 25.4 Å². The second kappa shape index (κ2) is 3.97. The van der Waals surface area contributed by atoms with Crippen LogP contribution >= 0.6 is 0 Å². The lowest BCUT2D eigenvalue weighted by Crippen LogP contribution is -2.22. The molecule has 1 heterocycles. The van der Waals surface area contributed by atoms with E-state index in [1.807, 2.05) is 0 Å². The fourth-order valence-electron chi connectivity index (χ4n) is 1.35. The van der Waals surface area contributed by atoms with Gasteiger partial charge in [-0.2, -0.15) is 0 Å². The van der Waals surface area contributed by atoms with Crippen molar-refractivity contribution in [3.05, 3.63) is 18.0 Å². The van der Waals surface area contributed by atoms with Crippen LogP contribution in [0.4, 0.5) is 0 Å². The molecule has 1 aliphatic carbocycles. The van der Waals surface area contributed by atoms with Crippen molar-refractivity contribution in [2.75, 3.05) is 0 Å². The summed E-state index contributed by atoms with van der Waals surface area (Å²) in [6, 6.07) is 0. The van der Waals surface area contributed by atoms with Crippen molar-refractivity contribution >= 4 is 15.9 Å². The van der Waals surface area contributed by atoms with Crippen LogP contribution in [0.15, 0.2) is 17.3 Å². The van der Waals surface area contributed by atoms with Gasteiger partial charge in [-0.15, -0.1) is 0 Å². The van der Waals surface area contributed by atoms with Crippen LogP contribution in [0.1, 0.15) is 23.2 Å². The summed E-state index contributed by atoms with van der Waals surface area (Å²) in [5.41, 5.74) is 4.81. The fraction of sp³-hybridized carbons (Fsp3) is 0.333. The Labute approximate surface area is 97.8 Å². The Bertz CT molecular complexity index is 566. The first-order valence-electron chi connectivity index (χ1n) is 4.87. The van der Waals surface area contributed by atoms with Crippen molar-refractivity contribution in [2.45, 2.75) is 23.8 Å². The monoisotopic (exact) mass is 257 g/mol. The van der Waals surface area contributed by atoms with Crippen LogP contribution in [0, 0.1) is 0 Å². The highest BCUT2D eigenvalue weighted by Crippen LogP contribution is 2.31. The lowest BCUT2D eigenvalue weighted by Gasteiger charge is -2.11. The normalized spacial score (nSPS) is 15.6. The zero-order valence-electron chi connectivity index (χ0n) is 8.79. The third-order valence-corrected chi connectivity index (χ3v) is 3.22. The largest absolute Gasteiger partial charge is 0.487 e. The molecule has 1 aromatic rings. The van der Waals surface area contributed by atoms with E-state index in [9.17, 15) is 13.2 Å². The maximum atomic E-state index is 11.4. The number of carbonyl (C=O) groups is 1. The summed E-state index contributed by atoms with van der Waals surface area (Å²) >= 11 is 0. The maximum Gasteiger partial charge on any atom is 0.251 e. The highest BCUT2D eigenvalue weighted by Gasteiger charge is 2.29. The van der Waals surface area contributed by atoms with Gasteiger partial charge in [0.15, 0.2) is 5.75 Å². The topological polar surface area (TPSA) is 125 Å². The number of ether oxygens (including phenoxy) is 1. The van der Waals surface area contributed by atoms with Crippen LogP contribution in [0.25, 0.3) is 0 Å². The molecule has 0 bridgehead atoms. The molecule has 2 rings (SSSR count). The van der Waals surface area contributed by atoms with E-state index in [0.717, 1.165) is 19.0 Å². The summed E-state index contributed by atoms with van der Waals surface area (Å²) in [6.45, 7) is 0. The van der Waals surface area contributed by atoms with Crippen molar-refractivity contribution in [1.82, 2.24) is 4.98 Å². The first kappa shape index (κ1) is 11.8. The van der Waals surface area contributed by atoms with Gasteiger partial charge in [0.1, 0.15) is 4.90 Å².